The summed E-state index contributed by atoms with van der Waals surface area (Å²) in [6, 6.07) is -0.186. The van der Waals surface area contributed by atoms with Gasteiger partial charge in [0, 0.05) is 6.04 Å². The first-order valence-corrected chi connectivity index (χ1v) is 7.02. The Kier molecular flexibility index (Phi) is 15.2. The van der Waals surface area contributed by atoms with Gasteiger partial charge in [0.15, 0.2) is 0 Å². The normalized spacial score (nSPS) is 17.5. The molecule has 0 amide bonds. The van der Waals surface area contributed by atoms with Gasteiger partial charge in [-0.3, -0.25) is 0 Å². The van der Waals surface area contributed by atoms with E-state index in [1.807, 2.05) is 0 Å². The molecular formula is C13H29BN2O5. The van der Waals surface area contributed by atoms with E-state index in [1.54, 1.807) is 0 Å². The molecule has 1 saturated heterocycles. The maximum Gasteiger partial charge on any atom is 0.451 e. The summed E-state index contributed by atoms with van der Waals surface area (Å²) >= 11 is 0. The van der Waals surface area contributed by atoms with Gasteiger partial charge in [0.25, 0.3) is 0 Å². The van der Waals surface area contributed by atoms with Crippen LogP contribution in [-0.2, 0) is 9.59 Å². The number of nitrogens with one attached hydrogen (secondary N) is 1. The molecule has 0 aromatic rings. The van der Waals surface area contributed by atoms with Crippen molar-refractivity contribution < 1.29 is 24.7 Å². The van der Waals surface area contributed by atoms with Crippen LogP contribution in [0.4, 0.5) is 0 Å². The number of carbonyl (C=O) groups excluding carboxylic acids is 2. The first kappa shape index (κ1) is 22.5. The SMILES string of the molecule is C.NC(CCCCB(O)O)C(O)C1CCNCC1.O=C=O. The minimum Gasteiger partial charge on any atom is -0.427 e. The average molecular weight is 304 g/mol. The van der Waals surface area contributed by atoms with Gasteiger partial charge in [-0.05, 0) is 44.6 Å². The summed E-state index contributed by atoms with van der Waals surface area (Å²) in [5.41, 5.74) is 5.97. The lowest BCUT2D eigenvalue weighted by molar-refractivity contribution is -0.191. The van der Waals surface area contributed by atoms with Crippen LogP contribution in [0, 0.1) is 5.92 Å². The van der Waals surface area contributed by atoms with Crippen LogP contribution in [-0.4, -0.2) is 53.7 Å². The van der Waals surface area contributed by atoms with Gasteiger partial charge in [-0.2, -0.15) is 9.59 Å². The minimum atomic E-state index is -1.22. The Morgan fingerprint density at radius 2 is 1.76 bits per heavy atom. The molecule has 0 radical (unpaired) electrons. The summed E-state index contributed by atoms with van der Waals surface area (Å²) in [6.07, 6.45) is 4.52. The molecule has 1 aliphatic heterocycles. The summed E-state index contributed by atoms with van der Waals surface area (Å²) in [4.78, 5) is 16.2. The van der Waals surface area contributed by atoms with Crippen molar-refractivity contribution in [2.75, 3.05) is 13.1 Å². The number of piperidine rings is 1. The third-order valence-electron chi connectivity index (χ3n) is 3.56. The highest BCUT2D eigenvalue weighted by Crippen LogP contribution is 2.20. The number of aliphatic hydroxyl groups excluding tert-OH is 1. The van der Waals surface area contributed by atoms with Crippen LogP contribution in [0.15, 0.2) is 0 Å². The number of hydrogen-bond donors (Lipinski definition) is 5. The second-order valence-corrected chi connectivity index (χ2v) is 5.09. The fraction of sp³-hybridized carbons (Fsp3) is 0.923. The van der Waals surface area contributed by atoms with Crippen molar-refractivity contribution in [2.24, 2.45) is 11.7 Å². The van der Waals surface area contributed by atoms with Crippen molar-refractivity contribution in [1.29, 1.82) is 0 Å². The predicted octanol–water partition coefficient (Wildman–Crippen LogP) is -0.630. The molecule has 2 unspecified atom stereocenters. The number of hydrogen-bond acceptors (Lipinski definition) is 7. The Morgan fingerprint density at radius 1 is 1.24 bits per heavy atom. The van der Waals surface area contributed by atoms with Crippen LogP contribution < -0.4 is 11.1 Å². The van der Waals surface area contributed by atoms with Crippen molar-refractivity contribution >= 4 is 13.3 Å². The van der Waals surface area contributed by atoms with Crippen LogP contribution in [0.3, 0.4) is 0 Å². The van der Waals surface area contributed by atoms with Crippen molar-refractivity contribution in [3.05, 3.63) is 0 Å². The van der Waals surface area contributed by atoms with Crippen LogP contribution in [0.25, 0.3) is 0 Å². The molecule has 0 spiro atoms. The molecule has 6 N–H and O–H groups in total. The fourth-order valence-corrected chi connectivity index (χ4v) is 2.41. The molecular weight excluding hydrogens is 275 g/mol. The second-order valence-electron chi connectivity index (χ2n) is 5.09. The molecule has 0 saturated carbocycles. The van der Waals surface area contributed by atoms with Gasteiger partial charge in [0.2, 0.25) is 0 Å². The first-order valence-electron chi connectivity index (χ1n) is 7.02. The van der Waals surface area contributed by atoms with Crippen LogP contribution in [0.5, 0.6) is 0 Å². The smallest absolute Gasteiger partial charge is 0.427 e. The summed E-state index contributed by atoms with van der Waals surface area (Å²) in [7, 11) is -1.22. The molecule has 1 heterocycles. The zero-order valence-electron chi connectivity index (χ0n) is 11.7. The van der Waals surface area contributed by atoms with Crippen molar-refractivity contribution in [3.63, 3.8) is 0 Å². The lowest BCUT2D eigenvalue weighted by atomic mass is 9.82. The quantitative estimate of drug-likeness (QED) is 0.312. The third-order valence-corrected chi connectivity index (χ3v) is 3.56. The van der Waals surface area contributed by atoms with Crippen molar-refractivity contribution in [3.8, 4) is 0 Å². The van der Waals surface area contributed by atoms with Gasteiger partial charge in [0.05, 0.1) is 6.10 Å². The molecule has 2 atom stereocenters. The highest BCUT2D eigenvalue weighted by molar-refractivity contribution is 6.40. The van der Waals surface area contributed by atoms with Gasteiger partial charge in [-0.1, -0.05) is 20.3 Å². The van der Waals surface area contributed by atoms with E-state index >= 15 is 0 Å². The first-order chi connectivity index (χ1) is 9.52. The van der Waals surface area contributed by atoms with Crippen LogP contribution in [0.2, 0.25) is 6.32 Å². The molecule has 21 heavy (non-hydrogen) atoms. The highest BCUT2D eigenvalue weighted by Gasteiger charge is 2.26. The monoisotopic (exact) mass is 304 g/mol. The fourth-order valence-electron chi connectivity index (χ4n) is 2.41. The molecule has 1 aliphatic rings. The molecule has 1 rings (SSSR count). The van der Waals surface area contributed by atoms with Crippen molar-refractivity contribution in [2.45, 2.75) is 58.0 Å². The van der Waals surface area contributed by atoms with E-state index in [0.717, 1.165) is 45.2 Å². The Bertz CT molecular complexity index is 269. The van der Waals surface area contributed by atoms with Crippen LogP contribution in [0.1, 0.15) is 39.5 Å². The highest BCUT2D eigenvalue weighted by atomic mass is 16.4. The molecule has 124 valence electrons. The summed E-state index contributed by atoms with van der Waals surface area (Å²) in [5.74, 6) is 0.315. The van der Waals surface area contributed by atoms with Gasteiger partial charge in [-0.15, -0.1) is 0 Å². The molecule has 0 bridgehead atoms. The minimum absolute atomic E-state index is 0. The summed E-state index contributed by atoms with van der Waals surface area (Å²) in [5, 5.41) is 30.8. The van der Waals surface area contributed by atoms with E-state index in [-0.39, 0.29) is 19.6 Å². The zero-order valence-corrected chi connectivity index (χ0v) is 11.7. The van der Waals surface area contributed by atoms with Gasteiger partial charge in [-0.25, -0.2) is 0 Å². The van der Waals surface area contributed by atoms with Gasteiger partial charge >= 0.3 is 13.3 Å². The molecule has 8 heteroatoms. The van der Waals surface area contributed by atoms with Crippen LogP contribution >= 0.6 is 0 Å². The summed E-state index contributed by atoms with van der Waals surface area (Å²) in [6.45, 7) is 1.93. The van der Waals surface area contributed by atoms with E-state index < -0.39 is 13.2 Å². The van der Waals surface area contributed by atoms with E-state index in [0.29, 0.717) is 12.2 Å². The molecule has 0 aromatic carbocycles. The lowest BCUT2D eigenvalue weighted by Gasteiger charge is -2.30. The Labute approximate surface area is 127 Å². The van der Waals surface area contributed by atoms with Gasteiger partial charge < -0.3 is 26.2 Å². The lowest BCUT2D eigenvalue weighted by Crippen LogP contribution is -2.44. The Morgan fingerprint density at radius 3 is 2.24 bits per heavy atom. The number of nitrogens with two attached hydrogens (primary N) is 1. The number of rotatable bonds is 7. The van der Waals surface area contributed by atoms with E-state index in [4.69, 9.17) is 25.4 Å². The predicted molar refractivity (Wildman–Crippen MR) is 80.2 cm³/mol. The zero-order chi connectivity index (χ0) is 15.4. The topological polar surface area (TPSA) is 133 Å². The average Bonchev–Trinajstić information content (AvgIpc) is 2.44. The maximum absolute atomic E-state index is 10.1. The largest absolute Gasteiger partial charge is 0.451 e. The molecule has 7 nitrogen and oxygen atoms in total. The third kappa shape index (κ3) is 11.6. The standard InChI is InChI=1S/C11H25BN2O3.CO2.CH4/c13-10(3-1-2-6-12(16)17)11(15)9-4-7-14-8-5-9;2-1-3;/h9-11,14-17H,1-8,13H2;;1H4. The molecule has 1 fully saturated rings. The Hall–Kier alpha value is -0.755. The number of aliphatic hydroxyl groups is 1. The summed E-state index contributed by atoms with van der Waals surface area (Å²) < 4.78 is 0. The second kappa shape index (κ2) is 14.2. The van der Waals surface area contributed by atoms with E-state index in [2.05, 4.69) is 5.32 Å². The Balaban J connectivity index is 0. The van der Waals surface area contributed by atoms with Crippen molar-refractivity contribution in [1.82, 2.24) is 5.32 Å². The molecule has 0 aromatic heterocycles. The molecule has 0 aliphatic carbocycles. The van der Waals surface area contributed by atoms with E-state index in [1.165, 1.54) is 0 Å². The number of unbranched alkanes of at least 4 members (excludes halogenated alkanes) is 1. The van der Waals surface area contributed by atoms with Gasteiger partial charge in [0.1, 0.15) is 0 Å². The van der Waals surface area contributed by atoms with E-state index in [9.17, 15) is 5.11 Å². The maximum atomic E-state index is 10.1.